The molecule has 1 N–H and O–H groups in total. The van der Waals surface area contributed by atoms with E-state index in [1.54, 1.807) is 41.0 Å². The third-order valence-electron chi connectivity index (χ3n) is 5.13. The fourth-order valence-electron chi connectivity index (χ4n) is 3.58. The van der Waals surface area contributed by atoms with Gasteiger partial charge < -0.3 is 9.38 Å². The van der Waals surface area contributed by atoms with Gasteiger partial charge in [0.1, 0.15) is 17.5 Å². The second kappa shape index (κ2) is 7.17. The number of benzene rings is 1. The number of hydrogen-bond donors (Lipinski definition) is 1. The van der Waals surface area contributed by atoms with Crippen LogP contribution in [0.25, 0.3) is 47.7 Å². The first kappa shape index (κ1) is 18.5. The number of hydrogen-bond acceptors (Lipinski definition) is 6. The molecule has 0 unspecified atom stereocenters. The number of thiophene rings is 2. The van der Waals surface area contributed by atoms with E-state index in [0.717, 1.165) is 47.7 Å². The number of aromatic amines is 1. The summed E-state index contributed by atoms with van der Waals surface area (Å²) >= 11 is 3.36. The molecular weight excluding hydrogens is 436 g/mol. The summed E-state index contributed by atoms with van der Waals surface area (Å²) in [6, 6.07) is 21.8. The van der Waals surface area contributed by atoms with Gasteiger partial charge in [0.15, 0.2) is 0 Å². The second-order valence-electron chi connectivity index (χ2n) is 7.18. The number of aromatic nitrogens is 4. The molecule has 0 atom stereocenters. The Bertz CT molecular complexity index is 1590. The van der Waals surface area contributed by atoms with Crippen molar-refractivity contribution in [2.45, 2.75) is 0 Å². The van der Waals surface area contributed by atoms with Crippen molar-refractivity contribution in [2.75, 3.05) is 0 Å². The third-order valence-corrected chi connectivity index (χ3v) is 7.53. The van der Waals surface area contributed by atoms with E-state index in [4.69, 9.17) is 10.5 Å². The van der Waals surface area contributed by atoms with Gasteiger partial charge in [0.25, 0.3) is 0 Å². The molecule has 150 valence electrons. The summed E-state index contributed by atoms with van der Waals surface area (Å²) in [5.74, 6) is 0.803. The van der Waals surface area contributed by atoms with Crippen LogP contribution in [0, 0.1) is 22.7 Å². The van der Waals surface area contributed by atoms with E-state index in [9.17, 15) is 0 Å². The largest absolute Gasteiger partial charge is 0.337 e. The normalized spacial score (nSPS) is 11.1. The molecule has 5 aromatic heterocycles. The molecule has 0 aliphatic carbocycles. The zero-order valence-electron chi connectivity index (χ0n) is 16.4. The number of H-pyrrole nitrogens is 1. The van der Waals surface area contributed by atoms with Gasteiger partial charge in [0.2, 0.25) is 0 Å². The Labute approximate surface area is 190 Å². The lowest BCUT2D eigenvalue weighted by Gasteiger charge is -1.91. The maximum absolute atomic E-state index is 9.10. The van der Waals surface area contributed by atoms with E-state index in [1.165, 1.54) is 0 Å². The molecule has 0 bridgehead atoms. The van der Waals surface area contributed by atoms with Gasteiger partial charge >= 0.3 is 0 Å². The molecule has 0 spiro atoms. The topological polar surface area (TPSA) is 93.6 Å². The fraction of sp³-hybridized carbons (Fsp3) is 0. The lowest BCUT2D eigenvalue weighted by atomic mass is 10.2. The Morgan fingerprint density at radius 2 is 1.47 bits per heavy atom. The molecule has 0 aliphatic heterocycles. The molecule has 0 saturated carbocycles. The van der Waals surface area contributed by atoms with Crippen LogP contribution in [0.5, 0.6) is 0 Å². The molecule has 0 fully saturated rings. The first-order chi connectivity index (χ1) is 15.7. The minimum Gasteiger partial charge on any atom is -0.337 e. The summed E-state index contributed by atoms with van der Waals surface area (Å²) in [7, 11) is 0. The standard InChI is InChI=1S/C24H12N6S2/c25-10-14-1-3-16-17(9-14)29-24(28-16)22-7-6-21(32-22)20-5-4-19(31-20)18-13-30-12-15(11-26)2-8-23(30)27-18/h1-9,12-13H,(H,28,29). The molecule has 0 radical (unpaired) electrons. The van der Waals surface area contributed by atoms with E-state index in [2.05, 4.69) is 51.4 Å². The van der Waals surface area contributed by atoms with Crippen LogP contribution in [0.1, 0.15) is 11.1 Å². The molecule has 0 aliphatic rings. The minimum absolute atomic E-state index is 0.605. The van der Waals surface area contributed by atoms with Crippen LogP contribution in [0.3, 0.4) is 0 Å². The van der Waals surface area contributed by atoms with Crippen molar-refractivity contribution >= 4 is 39.4 Å². The predicted molar refractivity (Wildman–Crippen MR) is 126 cm³/mol. The molecule has 6 nitrogen and oxygen atoms in total. The van der Waals surface area contributed by atoms with Crippen LogP contribution < -0.4 is 0 Å². The van der Waals surface area contributed by atoms with E-state index < -0.39 is 0 Å². The van der Waals surface area contributed by atoms with Gasteiger partial charge in [0, 0.05) is 22.1 Å². The molecule has 0 saturated heterocycles. The highest BCUT2D eigenvalue weighted by molar-refractivity contribution is 7.25. The van der Waals surface area contributed by atoms with E-state index in [1.807, 2.05) is 28.8 Å². The van der Waals surface area contributed by atoms with Crippen molar-refractivity contribution in [1.82, 2.24) is 19.4 Å². The van der Waals surface area contributed by atoms with Gasteiger partial charge in [0.05, 0.1) is 43.7 Å². The number of nitrogens with zero attached hydrogens (tertiary/aromatic N) is 5. The molecule has 5 heterocycles. The first-order valence-electron chi connectivity index (χ1n) is 9.70. The van der Waals surface area contributed by atoms with Gasteiger partial charge in [-0.3, -0.25) is 0 Å². The zero-order valence-corrected chi connectivity index (χ0v) is 18.0. The molecule has 1 aromatic carbocycles. The van der Waals surface area contributed by atoms with Crippen LogP contribution in [0.15, 0.2) is 67.0 Å². The number of pyridine rings is 1. The average molecular weight is 449 g/mol. The van der Waals surface area contributed by atoms with Gasteiger partial charge in [-0.25, -0.2) is 9.97 Å². The number of nitrogens with one attached hydrogen (secondary N) is 1. The Hall–Kier alpha value is -4.24. The van der Waals surface area contributed by atoms with Crippen LogP contribution in [0.2, 0.25) is 0 Å². The van der Waals surface area contributed by atoms with Gasteiger partial charge in [-0.2, -0.15) is 10.5 Å². The lowest BCUT2D eigenvalue weighted by Crippen LogP contribution is -1.83. The van der Waals surface area contributed by atoms with Gasteiger partial charge in [-0.15, -0.1) is 22.7 Å². The highest BCUT2D eigenvalue weighted by atomic mass is 32.1. The molecule has 6 rings (SSSR count). The Morgan fingerprint density at radius 3 is 2.28 bits per heavy atom. The summed E-state index contributed by atoms with van der Waals surface area (Å²) in [5, 5.41) is 18.2. The van der Waals surface area contributed by atoms with Crippen LogP contribution in [0.4, 0.5) is 0 Å². The van der Waals surface area contributed by atoms with Crippen molar-refractivity contribution < 1.29 is 0 Å². The molecule has 0 amide bonds. The van der Waals surface area contributed by atoms with Crippen molar-refractivity contribution in [1.29, 1.82) is 10.5 Å². The second-order valence-corrected chi connectivity index (χ2v) is 9.35. The maximum Gasteiger partial charge on any atom is 0.148 e. The highest BCUT2D eigenvalue weighted by Crippen LogP contribution is 2.39. The highest BCUT2D eigenvalue weighted by Gasteiger charge is 2.13. The fourth-order valence-corrected chi connectivity index (χ4v) is 5.58. The zero-order chi connectivity index (χ0) is 21.7. The van der Waals surface area contributed by atoms with Crippen LogP contribution >= 0.6 is 22.7 Å². The average Bonchev–Trinajstić information content (AvgIpc) is 3.61. The van der Waals surface area contributed by atoms with Gasteiger partial charge in [-0.05, 0) is 54.6 Å². The van der Waals surface area contributed by atoms with Crippen molar-refractivity contribution in [3.05, 3.63) is 78.1 Å². The number of nitriles is 2. The minimum atomic E-state index is 0.605. The van der Waals surface area contributed by atoms with E-state index in [-0.39, 0.29) is 0 Å². The Kier molecular flexibility index (Phi) is 4.15. The number of imidazole rings is 2. The Morgan fingerprint density at radius 1 is 0.750 bits per heavy atom. The third kappa shape index (κ3) is 3.07. The summed E-state index contributed by atoms with van der Waals surface area (Å²) in [5.41, 5.74) is 4.63. The van der Waals surface area contributed by atoms with Crippen molar-refractivity contribution in [3.63, 3.8) is 0 Å². The summed E-state index contributed by atoms with van der Waals surface area (Å²) in [6.45, 7) is 0. The molecule has 6 aromatic rings. The lowest BCUT2D eigenvalue weighted by molar-refractivity contribution is 1.17. The first-order valence-corrected chi connectivity index (χ1v) is 11.3. The quantitative estimate of drug-likeness (QED) is 0.355. The number of fused-ring (bicyclic) bond motifs is 2. The van der Waals surface area contributed by atoms with Crippen molar-refractivity contribution in [3.8, 4) is 43.2 Å². The summed E-state index contributed by atoms with van der Waals surface area (Å²) in [6.07, 6.45) is 3.74. The molecule has 8 heteroatoms. The summed E-state index contributed by atoms with van der Waals surface area (Å²) < 4.78 is 1.88. The van der Waals surface area contributed by atoms with Crippen LogP contribution in [-0.2, 0) is 0 Å². The van der Waals surface area contributed by atoms with E-state index >= 15 is 0 Å². The Balaban J connectivity index is 1.32. The summed E-state index contributed by atoms with van der Waals surface area (Å²) in [4.78, 5) is 17.1. The molecule has 32 heavy (non-hydrogen) atoms. The van der Waals surface area contributed by atoms with Crippen molar-refractivity contribution in [2.24, 2.45) is 0 Å². The van der Waals surface area contributed by atoms with E-state index in [0.29, 0.717) is 11.1 Å². The number of rotatable bonds is 3. The molecular formula is C24H12N6S2. The predicted octanol–water partition coefficient (Wildman–Crippen LogP) is 6.08. The monoisotopic (exact) mass is 448 g/mol. The maximum atomic E-state index is 9.10. The SMILES string of the molecule is N#Cc1ccc2nc(-c3ccc(-c4ccc(-c5cn6cc(C#N)ccc6n5)s4)s3)[nH]c2c1. The van der Waals surface area contributed by atoms with Gasteiger partial charge in [-0.1, -0.05) is 0 Å². The smallest absolute Gasteiger partial charge is 0.148 e. The van der Waals surface area contributed by atoms with Crippen LogP contribution in [-0.4, -0.2) is 19.4 Å².